The van der Waals surface area contributed by atoms with Crippen LogP contribution in [-0.4, -0.2) is 30.0 Å². The topological polar surface area (TPSA) is 29.5 Å². The highest BCUT2D eigenvalue weighted by Gasteiger charge is 2.20. The molecule has 0 saturated carbocycles. The third kappa shape index (κ3) is 3.72. The van der Waals surface area contributed by atoms with E-state index in [1.54, 1.807) is 4.90 Å². The first kappa shape index (κ1) is 15.5. The maximum atomic E-state index is 12.2. The van der Waals surface area contributed by atoms with Crippen LogP contribution in [0.5, 0.6) is 5.75 Å². The molecule has 1 aromatic carbocycles. The molecule has 0 radical (unpaired) electrons. The molecule has 0 aliphatic carbocycles. The lowest BCUT2D eigenvalue weighted by Gasteiger charge is -2.24. The van der Waals surface area contributed by atoms with Gasteiger partial charge in [0.25, 0.3) is 5.91 Å². The van der Waals surface area contributed by atoms with Gasteiger partial charge >= 0.3 is 0 Å². The van der Waals surface area contributed by atoms with E-state index in [-0.39, 0.29) is 5.91 Å². The Bertz CT molecular complexity index is 450. The van der Waals surface area contributed by atoms with Crippen molar-refractivity contribution in [1.82, 2.24) is 4.90 Å². The average molecular weight is 263 g/mol. The molecule has 1 atom stereocenters. The minimum absolute atomic E-state index is 0.0450. The third-order valence-corrected chi connectivity index (χ3v) is 3.49. The maximum absolute atomic E-state index is 12.2. The Morgan fingerprint density at radius 1 is 1.21 bits per heavy atom. The van der Waals surface area contributed by atoms with Crippen molar-refractivity contribution < 1.29 is 9.53 Å². The van der Waals surface area contributed by atoms with E-state index < -0.39 is 6.10 Å². The Morgan fingerprint density at radius 2 is 1.79 bits per heavy atom. The highest BCUT2D eigenvalue weighted by molar-refractivity contribution is 5.80. The molecule has 3 nitrogen and oxygen atoms in total. The summed E-state index contributed by atoms with van der Waals surface area (Å²) in [7, 11) is 0. The van der Waals surface area contributed by atoms with Crippen LogP contribution in [0.1, 0.15) is 37.5 Å². The summed E-state index contributed by atoms with van der Waals surface area (Å²) in [4.78, 5) is 14.0. The van der Waals surface area contributed by atoms with Crippen molar-refractivity contribution in [3.8, 4) is 5.75 Å². The summed E-state index contributed by atoms with van der Waals surface area (Å²) < 4.78 is 5.86. The summed E-state index contributed by atoms with van der Waals surface area (Å²) in [5, 5.41) is 0. The van der Waals surface area contributed by atoms with E-state index >= 15 is 0 Å². The van der Waals surface area contributed by atoms with Crippen LogP contribution in [0.15, 0.2) is 12.1 Å². The van der Waals surface area contributed by atoms with Gasteiger partial charge in [0.05, 0.1) is 0 Å². The normalized spacial score (nSPS) is 12.1. The predicted molar refractivity (Wildman–Crippen MR) is 78.7 cm³/mol. The standard InChI is InChI=1S/C16H25NO2/c1-7-17(8-2)16(18)14(6)19-15-10-11(3)9-12(4)13(15)5/h9-10,14H,7-8H2,1-6H3/t14-/m1/s1. The number of carbonyl (C=O) groups is 1. The van der Waals surface area contributed by atoms with Gasteiger partial charge in [0.1, 0.15) is 5.75 Å². The molecule has 1 rings (SSSR count). The Morgan fingerprint density at radius 3 is 2.32 bits per heavy atom. The Labute approximate surface area is 116 Å². The van der Waals surface area contributed by atoms with Gasteiger partial charge in [-0.25, -0.2) is 0 Å². The van der Waals surface area contributed by atoms with Crippen LogP contribution in [0.3, 0.4) is 0 Å². The lowest BCUT2D eigenvalue weighted by molar-refractivity contribution is -0.137. The van der Waals surface area contributed by atoms with E-state index in [2.05, 4.69) is 13.0 Å². The van der Waals surface area contributed by atoms with E-state index in [1.165, 1.54) is 5.56 Å². The van der Waals surface area contributed by atoms with Gasteiger partial charge in [0.15, 0.2) is 6.10 Å². The van der Waals surface area contributed by atoms with Crippen LogP contribution in [0, 0.1) is 20.8 Å². The van der Waals surface area contributed by atoms with Crippen LogP contribution in [0.25, 0.3) is 0 Å². The molecule has 0 aliphatic heterocycles. The van der Waals surface area contributed by atoms with E-state index in [0.717, 1.165) is 30.0 Å². The Balaban J connectivity index is 2.88. The number of benzene rings is 1. The van der Waals surface area contributed by atoms with Crippen molar-refractivity contribution in [3.05, 3.63) is 28.8 Å². The molecule has 0 fully saturated rings. The zero-order valence-electron chi connectivity index (χ0n) is 12.9. The molecular weight excluding hydrogens is 238 g/mol. The van der Waals surface area contributed by atoms with Gasteiger partial charge < -0.3 is 9.64 Å². The minimum atomic E-state index is -0.445. The van der Waals surface area contributed by atoms with Crippen LogP contribution >= 0.6 is 0 Å². The van der Waals surface area contributed by atoms with Crippen LogP contribution in [0.2, 0.25) is 0 Å². The third-order valence-electron chi connectivity index (χ3n) is 3.49. The van der Waals surface area contributed by atoms with E-state index in [4.69, 9.17) is 4.74 Å². The van der Waals surface area contributed by atoms with Crippen molar-refractivity contribution >= 4 is 5.91 Å². The number of aryl methyl sites for hydroxylation is 2. The Kier molecular flexibility index (Phi) is 5.40. The van der Waals surface area contributed by atoms with Crippen LogP contribution in [0.4, 0.5) is 0 Å². The zero-order chi connectivity index (χ0) is 14.6. The number of amides is 1. The monoisotopic (exact) mass is 263 g/mol. The molecule has 106 valence electrons. The van der Waals surface area contributed by atoms with E-state index in [0.29, 0.717) is 0 Å². The van der Waals surface area contributed by atoms with Gasteiger partial charge in [0, 0.05) is 13.1 Å². The molecule has 0 aromatic heterocycles. The first-order chi connectivity index (χ1) is 8.90. The molecule has 0 N–H and O–H groups in total. The fourth-order valence-electron chi connectivity index (χ4n) is 2.16. The van der Waals surface area contributed by atoms with Gasteiger partial charge in [-0.15, -0.1) is 0 Å². The van der Waals surface area contributed by atoms with E-state index in [9.17, 15) is 4.79 Å². The number of carbonyl (C=O) groups excluding carboxylic acids is 1. The summed E-state index contributed by atoms with van der Waals surface area (Å²) in [6, 6.07) is 4.12. The number of hydrogen-bond acceptors (Lipinski definition) is 2. The van der Waals surface area contributed by atoms with Crippen LogP contribution in [-0.2, 0) is 4.79 Å². The minimum Gasteiger partial charge on any atom is -0.481 e. The molecule has 0 bridgehead atoms. The molecule has 0 unspecified atom stereocenters. The predicted octanol–water partition coefficient (Wildman–Crippen LogP) is 3.25. The number of rotatable bonds is 5. The quantitative estimate of drug-likeness (QED) is 0.816. The smallest absolute Gasteiger partial charge is 0.263 e. The summed E-state index contributed by atoms with van der Waals surface area (Å²) in [5.41, 5.74) is 3.45. The summed E-state index contributed by atoms with van der Waals surface area (Å²) in [6.07, 6.45) is -0.445. The second kappa shape index (κ2) is 6.60. The molecular formula is C16H25NO2. The van der Waals surface area contributed by atoms with Crippen molar-refractivity contribution in [1.29, 1.82) is 0 Å². The molecule has 0 saturated heterocycles. The number of ether oxygens (including phenoxy) is 1. The van der Waals surface area contributed by atoms with Crippen molar-refractivity contribution in [2.24, 2.45) is 0 Å². The fourth-order valence-corrected chi connectivity index (χ4v) is 2.16. The molecule has 3 heteroatoms. The molecule has 1 amide bonds. The van der Waals surface area contributed by atoms with Gasteiger partial charge in [-0.2, -0.15) is 0 Å². The van der Waals surface area contributed by atoms with Crippen molar-refractivity contribution in [2.45, 2.75) is 47.6 Å². The maximum Gasteiger partial charge on any atom is 0.263 e. The van der Waals surface area contributed by atoms with Gasteiger partial charge in [-0.3, -0.25) is 4.79 Å². The molecule has 0 aliphatic rings. The second-order valence-corrected chi connectivity index (χ2v) is 4.98. The lowest BCUT2D eigenvalue weighted by atomic mass is 10.1. The number of hydrogen-bond donors (Lipinski definition) is 0. The molecule has 0 spiro atoms. The van der Waals surface area contributed by atoms with Gasteiger partial charge in [-0.05, 0) is 64.3 Å². The summed E-state index contributed by atoms with van der Waals surface area (Å²) >= 11 is 0. The summed E-state index contributed by atoms with van der Waals surface area (Å²) in [6.45, 7) is 13.3. The first-order valence-electron chi connectivity index (χ1n) is 6.93. The van der Waals surface area contributed by atoms with Gasteiger partial charge in [0.2, 0.25) is 0 Å². The van der Waals surface area contributed by atoms with Crippen molar-refractivity contribution in [2.75, 3.05) is 13.1 Å². The van der Waals surface area contributed by atoms with E-state index in [1.807, 2.05) is 40.7 Å². The SMILES string of the molecule is CCN(CC)C(=O)[C@@H](C)Oc1cc(C)cc(C)c1C. The highest BCUT2D eigenvalue weighted by atomic mass is 16.5. The number of nitrogens with zero attached hydrogens (tertiary/aromatic N) is 1. The molecule has 19 heavy (non-hydrogen) atoms. The second-order valence-electron chi connectivity index (χ2n) is 4.98. The molecule has 0 heterocycles. The van der Waals surface area contributed by atoms with Crippen LogP contribution < -0.4 is 4.74 Å². The fraction of sp³-hybridized carbons (Fsp3) is 0.562. The average Bonchev–Trinajstić information content (AvgIpc) is 2.36. The first-order valence-corrected chi connectivity index (χ1v) is 6.93. The molecule has 1 aromatic rings. The summed E-state index contributed by atoms with van der Waals surface area (Å²) in [5.74, 6) is 0.856. The van der Waals surface area contributed by atoms with Crippen molar-refractivity contribution in [3.63, 3.8) is 0 Å². The van der Waals surface area contributed by atoms with Gasteiger partial charge in [-0.1, -0.05) is 6.07 Å². The lowest BCUT2D eigenvalue weighted by Crippen LogP contribution is -2.40. The zero-order valence-corrected chi connectivity index (χ0v) is 12.9. The highest BCUT2D eigenvalue weighted by Crippen LogP contribution is 2.24. The number of likely N-dealkylation sites (N-methyl/N-ethyl adjacent to an activating group) is 1. The largest absolute Gasteiger partial charge is 0.481 e. The Hall–Kier alpha value is -1.51.